The van der Waals surface area contributed by atoms with Gasteiger partial charge in [-0.1, -0.05) is 12.8 Å². The summed E-state index contributed by atoms with van der Waals surface area (Å²) in [7, 11) is 3.74. The summed E-state index contributed by atoms with van der Waals surface area (Å²) < 4.78 is 7.41. The quantitative estimate of drug-likeness (QED) is 0.802. The molecule has 3 rings (SSSR count). The fourth-order valence-electron chi connectivity index (χ4n) is 2.14. The molecule has 0 aromatic carbocycles. The highest BCUT2D eigenvalue weighted by Crippen LogP contribution is 2.32. The molecule has 6 nitrogen and oxygen atoms in total. The van der Waals surface area contributed by atoms with Gasteiger partial charge >= 0.3 is 0 Å². The third kappa shape index (κ3) is 2.68. The van der Waals surface area contributed by atoms with Crippen LogP contribution in [0.1, 0.15) is 25.1 Å². The standard InChI is InChI=1S/C13H19N5O/c1-14-12-10-7-15-18(2)13(10)17-11(16-12)8-19-6-5-9-3-4-9/h7,9H,3-6,8H2,1-2H3,(H,14,16,17). The Labute approximate surface area is 112 Å². The minimum atomic E-state index is 0.461. The Morgan fingerprint density at radius 2 is 2.26 bits per heavy atom. The number of aromatic nitrogens is 4. The molecule has 0 spiro atoms. The number of hydrogen-bond donors (Lipinski definition) is 1. The Hall–Kier alpha value is -1.69. The molecule has 0 bridgehead atoms. The summed E-state index contributed by atoms with van der Waals surface area (Å²) in [5.41, 5.74) is 0.833. The van der Waals surface area contributed by atoms with E-state index in [4.69, 9.17) is 4.74 Å². The number of ether oxygens (including phenoxy) is 1. The first-order valence-electron chi connectivity index (χ1n) is 6.72. The van der Waals surface area contributed by atoms with Crippen molar-refractivity contribution in [2.24, 2.45) is 13.0 Å². The van der Waals surface area contributed by atoms with Crippen molar-refractivity contribution in [3.63, 3.8) is 0 Å². The fraction of sp³-hybridized carbons (Fsp3) is 0.615. The summed E-state index contributed by atoms with van der Waals surface area (Å²) in [6.45, 7) is 1.26. The van der Waals surface area contributed by atoms with Gasteiger partial charge in [0, 0.05) is 20.7 Å². The van der Waals surface area contributed by atoms with E-state index in [0.717, 1.165) is 35.8 Å². The zero-order valence-corrected chi connectivity index (χ0v) is 11.4. The van der Waals surface area contributed by atoms with Crippen LogP contribution in [0.4, 0.5) is 5.82 Å². The summed E-state index contributed by atoms with van der Waals surface area (Å²) in [4.78, 5) is 8.96. The first-order valence-corrected chi connectivity index (χ1v) is 6.72. The van der Waals surface area contributed by atoms with Crippen LogP contribution in [-0.4, -0.2) is 33.4 Å². The Balaban J connectivity index is 1.72. The van der Waals surface area contributed by atoms with Gasteiger partial charge in [0.2, 0.25) is 0 Å². The second-order valence-corrected chi connectivity index (χ2v) is 5.03. The van der Waals surface area contributed by atoms with E-state index in [0.29, 0.717) is 12.4 Å². The van der Waals surface area contributed by atoms with E-state index in [1.165, 1.54) is 12.8 Å². The van der Waals surface area contributed by atoms with Gasteiger partial charge in [0.15, 0.2) is 11.5 Å². The molecule has 1 N–H and O–H groups in total. The molecular weight excluding hydrogens is 242 g/mol. The maximum absolute atomic E-state index is 5.65. The van der Waals surface area contributed by atoms with Gasteiger partial charge in [-0.2, -0.15) is 5.10 Å². The number of aryl methyl sites for hydroxylation is 1. The molecule has 102 valence electrons. The Bertz CT molecular complexity index is 576. The first-order chi connectivity index (χ1) is 9.28. The summed E-state index contributed by atoms with van der Waals surface area (Å²) in [5, 5.41) is 8.23. The lowest BCUT2D eigenvalue weighted by molar-refractivity contribution is 0.110. The second-order valence-electron chi connectivity index (χ2n) is 5.03. The van der Waals surface area contributed by atoms with Crippen LogP contribution in [0.15, 0.2) is 6.20 Å². The Kier molecular flexibility index (Phi) is 3.33. The molecule has 0 unspecified atom stereocenters. The van der Waals surface area contributed by atoms with Crippen molar-refractivity contribution in [3.8, 4) is 0 Å². The minimum Gasteiger partial charge on any atom is -0.373 e. The molecule has 1 aliphatic carbocycles. The van der Waals surface area contributed by atoms with Crippen LogP contribution in [0.5, 0.6) is 0 Å². The molecule has 1 saturated carbocycles. The van der Waals surface area contributed by atoms with Crippen molar-refractivity contribution in [2.75, 3.05) is 19.0 Å². The molecule has 0 amide bonds. The van der Waals surface area contributed by atoms with Crippen LogP contribution in [-0.2, 0) is 18.4 Å². The third-order valence-electron chi connectivity index (χ3n) is 3.47. The molecule has 0 radical (unpaired) electrons. The lowest BCUT2D eigenvalue weighted by atomic mass is 10.3. The third-order valence-corrected chi connectivity index (χ3v) is 3.47. The zero-order valence-electron chi connectivity index (χ0n) is 11.4. The van der Waals surface area contributed by atoms with E-state index in [1.54, 1.807) is 10.9 Å². The highest BCUT2D eigenvalue weighted by molar-refractivity contribution is 5.86. The number of anilines is 1. The van der Waals surface area contributed by atoms with Gasteiger partial charge in [0.1, 0.15) is 12.4 Å². The van der Waals surface area contributed by atoms with Gasteiger partial charge in [0.25, 0.3) is 0 Å². The van der Waals surface area contributed by atoms with Crippen LogP contribution >= 0.6 is 0 Å². The number of nitrogens with zero attached hydrogens (tertiary/aromatic N) is 4. The molecule has 2 aromatic rings. The van der Waals surface area contributed by atoms with Crippen molar-refractivity contribution in [1.29, 1.82) is 0 Å². The summed E-state index contributed by atoms with van der Waals surface area (Å²) >= 11 is 0. The summed E-state index contributed by atoms with van der Waals surface area (Å²) in [5.74, 6) is 2.41. The fourth-order valence-corrected chi connectivity index (χ4v) is 2.14. The molecule has 1 fully saturated rings. The Morgan fingerprint density at radius 3 is 3.00 bits per heavy atom. The Morgan fingerprint density at radius 1 is 1.42 bits per heavy atom. The average Bonchev–Trinajstić information content (AvgIpc) is 3.18. The van der Waals surface area contributed by atoms with Crippen molar-refractivity contribution >= 4 is 16.9 Å². The number of nitrogens with one attached hydrogen (secondary N) is 1. The molecule has 6 heteroatoms. The van der Waals surface area contributed by atoms with Crippen LogP contribution in [0, 0.1) is 5.92 Å². The number of hydrogen-bond acceptors (Lipinski definition) is 5. The van der Waals surface area contributed by atoms with Gasteiger partial charge in [0.05, 0.1) is 11.6 Å². The summed E-state index contributed by atoms with van der Waals surface area (Å²) in [6.07, 6.45) is 5.67. The van der Waals surface area contributed by atoms with E-state index in [2.05, 4.69) is 20.4 Å². The van der Waals surface area contributed by atoms with E-state index in [-0.39, 0.29) is 0 Å². The van der Waals surface area contributed by atoms with Crippen molar-refractivity contribution in [1.82, 2.24) is 19.7 Å². The average molecular weight is 261 g/mol. The lowest BCUT2D eigenvalue weighted by Crippen LogP contribution is -2.05. The predicted molar refractivity (Wildman–Crippen MR) is 72.8 cm³/mol. The predicted octanol–water partition coefficient (Wildman–Crippen LogP) is 1.72. The molecule has 2 heterocycles. The first kappa shape index (κ1) is 12.3. The van der Waals surface area contributed by atoms with Gasteiger partial charge in [-0.25, -0.2) is 9.97 Å². The molecule has 0 aliphatic heterocycles. The maximum Gasteiger partial charge on any atom is 0.163 e. The minimum absolute atomic E-state index is 0.461. The van der Waals surface area contributed by atoms with Crippen LogP contribution in [0.2, 0.25) is 0 Å². The van der Waals surface area contributed by atoms with E-state index in [1.807, 2.05) is 14.1 Å². The number of rotatable bonds is 6. The van der Waals surface area contributed by atoms with E-state index in [9.17, 15) is 0 Å². The normalized spacial score (nSPS) is 15.1. The number of fused-ring (bicyclic) bond motifs is 1. The van der Waals surface area contributed by atoms with Crippen molar-refractivity contribution < 1.29 is 4.74 Å². The monoisotopic (exact) mass is 261 g/mol. The molecule has 2 aromatic heterocycles. The largest absolute Gasteiger partial charge is 0.373 e. The molecule has 0 saturated heterocycles. The van der Waals surface area contributed by atoms with E-state index < -0.39 is 0 Å². The van der Waals surface area contributed by atoms with Gasteiger partial charge in [-0.05, 0) is 12.3 Å². The van der Waals surface area contributed by atoms with Crippen LogP contribution in [0.25, 0.3) is 11.0 Å². The van der Waals surface area contributed by atoms with Gasteiger partial charge < -0.3 is 10.1 Å². The maximum atomic E-state index is 5.65. The second kappa shape index (κ2) is 5.13. The zero-order chi connectivity index (χ0) is 13.2. The van der Waals surface area contributed by atoms with Gasteiger partial charge in [-0.15, -0.1) is 0 Å². The van der Waals surface area contributed by atoms with Crippen LogP contribution < -0.4 is 5.32 Å². The molecule has 19 heavy (non-hydrogen) atoms. The lowest BCUT2D eigenvalue weighted by Gasteiger charge is -2.06. The SMILES string of the molecule is CNc1nc(COCCC2CC2)nc2c1cnn2C. The van der Waals surface area contributed by atoms with Crippen molar-refractivity contribution in [2.45, 2.75) is 25.9 Å². The highest BCUT2D eigenvalue weighted by atomic mass is 16.5. The summed E-state index contributed by atoms with van der Waals surface area (Å²) in [6, 6.07) is 0. The molecule has 0 atom stereocenters. The highest BCUT2D eigenvalue weighted by Gasteiger charge is 2.20. The van der Waals surface area contributed by atoms with E-state index >= 15 is 0 Å². The molecule has 1 aliphatic rings. The smallest absolute Gasteiger partial charge is 0.163 e. The molecular formula is C13H19N5O. The van der Waals surface area contributed by atoms with Crippen LogP contribution in [0.3, 0.4) is 0 Å². The van der Waals surface area contributed by atoms with Crippen molar-refractivity contribution in [3.05, 3.63) is 12.0 Å². The van der Waals surface area contributed by atoms with Gasteiger partial charge in [-0.3, -0.25) is 4.68 Å². The topological polar surface area (TPSA) is 64.9 Å².